The topological polar surface area (TPSA) is 61.9 Å². The Morgan fingerprint density at radius 2 is 1.82 bits per heavy atom. The first-order valence-electron chi connectivity index (χ1n) is 7.15. The van der Waals surface area contributed by atoms with Gasteiger partial charge in [0, 0.05) is 19.6 Å². The maximum absolute atomic E-state index is 12.1. The van der Waals surface area contributed by atoms with E-state index in [0.717, 1.165) is 4.90 Å². The standard InChI is InChI=1S/C12H24F3N3O3S/c1-10-7-18(8-11(2)21-10)22(19,20)16-5-4-6-17(3)9-12(13,14)15/h10-11,16H,4-9H2,1-3H3. The summed E-state index contributed by atoms with van der Waals surface area (Å²) in [5, 5.41) is 0. The molecule has 1 heterocycles. The fourth-order valence-electron chi connectivity index (χ4n) is 2.35. The van der Waals surface area contributed by atoms with Gasteiger partial charge in [-0.1, -0.05) is 0 Å². The second-order valence-corrected chi connectivity index (χ2v) is 7.44. The van der Waals surface area contributed by atoms with Crippen molar-refractivity contribution >= 4 is 10.2 Å². The molecule has 132 valence electrons. The highest BCUT2D eigenvalue weighted by molar-refractivity contribution is 7.87. The highest BCUT2D eigenvalue weighted by Crippen LogP contribution is 2.16. The summed E-state index contributed by atoms with van der Waals surface area (Å²) in [6, 6.07) is 0. The van der Waals surface area contributed by atoms with Gasteiger partial charge in [-0.3, -0.25) is 4.90 Å². The first-order valence-corrected chi connectivity index (χ1v) is 8.59. The molecule has 1 aliphatic rings. The summed E-state index contributed by atoms with van der Waals surface area (Å²) in [6.07, 6.45) is -4.30. The molecule has 0 bridgehead atoms. The van der Waals surface area contributed by atoms with E-state index < -0.39 is 22.9 Å². The van der Waals surface area contributed by atoms with Crippen molar-refractivity contribution in [2.45, 2.75) is 38.7 Å². The van der Waals surface area contributed by atoms with Gasteiger partial charge in [-0.25, -0.2) is 4.72 Å². The molecule has 0 aromatic carbocycles. The lowest BCUT2D eigenvalue weighted by Crippen LogP contribution is -2.52. The predicted molar refractivity (Wildman–Crippen MR) is 76.7 cm³/mol. The molecular formula is C12H24F3N3O3S. The molecule has 22 heavy (non-hydrogen) atoms. The largest absolute Gasteiger partial charge is 0.401 e. The molecule has 0 saturated carbocycles. The summed E-state index contributed by atoms with van der Waals surface area (Å²) in [6.45, 7) is 3.40. The van der Waals surface area contributed by atoms with Gasteiger partial charge in [0.05, 0.1) is 18.8 Å². The molecule has 6 nitrogen and oxygen atoms in total. The van der Waals surface area contributed by atoms with E-state index in [-0.39, 0.29) is 38.4 Å². The third-order valence-electron chi connectivity index (χ3n) is 3.18. The zero-order valence-electron chi connectivity index (χ0n) is 13.1. The van der Waals surface area contributed by atoms with Crippen molar-refractivity contribution in [1.82, 2.24) is 13.9 Å². The van der Waals surface area contributed by atoms with E-state index in [1.165, 1.54) is 11.4 Å². The van der Waals surface area contributed by atoms with Crippen LogP contribution in [-0.4, -0.2) is 75.8 Å². The lowest BCUT2D eigenvalue weighted by Gasteiger charge is -2.34. The minimum Gasteiger partial charge on any atom is -0.373 e. The van der Waals surface area contributed by atoms with Gasteiger partial charge in [0.15, 0.2) is 0 Å². The van der Waals surface area contributed by atoms with E-state index in [2.05, 4.69) is 4.72 Å². The summed E-state index contributed by atoms with van der Waals surface area (Å²) in [5.41, 5.74) is 0. The monoisotopic (exact) mass is 347 g/mol. The van der Waals surface area contributed by atoms with Crippen LogP contribution in [-0.2, 0) is 14.9 Å². The van der Waals surface area contributed by atoms with E-state index >= 15 is 0 Å². The van der Waals surface area contributed by atoms with Gasteiger partial charge in [-0.15, -0.1) is 0 Å². The van der Waals surface area contributed by atoms with Crippen LogP contribution in [0.2, 0.25) is 0 Å². The minimum atomic E-state index is -4.24. The molecule has 1 saturated heterocycles. The average molecular weight is 347 g/mol. The van der Waals surface area contributed by atoms with Crippen LogP contribution in [0.1, 0.15) is 20.3 Å². The number of nitrogens with one attached hydrogen (secondary N) is 1. The molecule has 1 rings (SSSR count). The molecule has 2 unspecified atom stereocenters. The maximum atomic E-state index is 12.1. The van der Waals surface area contributed by atoms with E-state index in [1.54, 1.807) is 13.8 Å². The molecule has 0 spiro atoms. The van der Waals surface area contributed by atoms with Crippen molar-refractivity contribution in [3.05, 3.63) is 0 Å². The second-order valence-electron chi connectivity index (χ2n) is 5.68. The number of ether oxygens (including phenoxy) is 1. The fraction of sp³-hybridized carbons (Fsp3) is 1.00. The first-order chi connectivity index (χ1) is 9.99. The number of nitrogens with zero attached hydrogens (tertiary/aromatic N) is 2. The van der Waals surface area contributed by atoms with Crippen LogP contribution in [0.25, 0.3) is 0 Å². The average Bonchev–Trinajstić information content (AvgIpc) is 2.31. The number of hydrogen-bond acceptors (Lipinski definition) is 4. The predicted octanol–water partition coefficient (Wildman–Crippen LogP) is 0.814. The van der Waals surface area contributed by atoms with Crippen molar-refractivity contribution in [2.24, 2.45) is 0 Å². The van der Waals surface area contributed by atoms with Crippen LogP contribution in [0.3, 0.4) is 0 Å². The van der Waals surface area contributed by atoms with E-state index in [0.29, 0.717) is 6.42 Å². The zero-order chi connectivity index (χ0) is 17.0. The molecule has 1 aliphatic heterocycles. The lowest BCUT2D eigenvalue weighted by atomic mass is 10.3. The molecule has 0 aromatic heterocycles. The highest BCUT2D eigenvalue weighted by atomic mass is 32.2. The molecule has 10 heteroatoms. The van der Waals surface area contributed by atoms with Gasteiger partial charge < -0.3 is 4.74 Å². The Kier molecular flexibility index (Phi) is 7.06. The molecule has 1 N–H and O–H groups in total. The van der Waals surface area contributed by atoms with Crippen molar-refractivity contribution in [3.63, 3.8) is 0 Å². The van der Waals surface area contributed by atoms with Crippen LogP contribution in [0, 0.1) is 0 Å². The van der Waals surface area contributed by atoms with Crippen molar-refractivity contribution in [3.8, 4) is 0 Å². The Hall–Kier alpha value is -0.420. The van der Waals surface area contributed by atoms with E-state index in [1.807, 2.05) is 0 Å². The van der Waals surface area contributed by atoms with Gasteiger partial charge in [0.25, 0.3) is 10.2 Å². The third kappa shape index (κ3) is 7.23. The van der Waals surface area contributed by atoms with Gasteiger partial charge in [-0.2, -0.15) is 25.9 Å². The van der Waals surface area contributed by atoms with Crippen LogP contribution in [0.15, 0.2) is 0 Å². The fourth-order valence-corrected chi connectivity index (χ4v) is 3.75. The number of hydrogen-bond donors (Lipinski definition) is 1. The van der Waals surface area contributed by atoms with Gasteiger partial charge >= 0.3 is 6.18 Å². The van der Waals surface area contributed by atoms with Crippen LogP contribution in [0.5, 0.6) is 0 Å². The third-order valence-corrected chi connectivity index (χ3v) is 4.72. The molecule has 0 aromatic rings. The molecule has 0 aliphatic carbocycles. The number of morpholine rings is 1. The Labute approximate surface area is 129 Å². The summed E-state index contributed by atoms with van der Waals surface area (Å²) in [4.78, 5) is 1.12. The van der Waals surface area contributed by atoms with E-state index in [9.17, 15) is 21.6 Å². The summed E-state index contributed by atoms with van der Waals surface area (Å²) in [5.74, 6) is 0. The van der Waals surface area contributed by atoms with Crippen LogP contribution >= 0.6 is 0 Å². The zero-order valence-corrected chi connectivity index (χ0v) is 13.9. The quantitative estimate of drug-likeness (QED) is 0.693. The summed E-state index contributed by atoms with van der Waals surface area (Å²) < 4.78 is 69.9. The SMILES string of the molecule is CC1CN(S(=O)(=O)NCCCN(C)CC(F)(F)F)CC(C)O1. The maximum Gasteiger partial charge on any atom is 0.401 e. The number of halogens is 3. The Bertz CT molecular complexity index is 435. The summed E-state index contributed by atoms with van der Waals surface area (Å²) >= 11 is 0. The van der Waals surface area contributed by atoms with Crippen molar-refractivity contribution in [1.29, 1.82) is 0 Å². The Morgan fingerprint density at radius 3 is 2.32 bits per heavy atom. The first kappa shape index (κ1) is 19.6. The van der Waals surface area contributed by atoms with Crippen molar-refractivity contribution < 1.29 is 26.3 Å². The molecule has 2 atom stereocenters. The number of rotatable bonds is 7. The Balaban J connectivity index is 2.34. The number of alkyl halides is 3. The normalized spacial score (nSPS) is 24.9. The minimum absolute atomic E-state index is 0.102. The van der Waals surface area contributed by atoms with Crippen LogP contribution in [0.4, 0.5) is 13.2 Å². The Morgan fingerprint density at radius 1 is 1.27 bits per heavy atom. The molecular weight excluding hydrogens is 323 g/mol. The molecule has 1 fully saturated rings. The highest BCUT2D eigenvalue weighted by Gasteiger charge is 2.31. The smallest absolute Gasteiger partial charge is 0.373 e. The second kappa shape index (κ2) is 7.91. The summed E-state index contributed by atoms with van der Waals surface area (Å²) in [7, 11) is -2.27. The van der Waals surface area contributed by atoms with Gasteiger partial charge in [0.2, 0.25) is 0 Å². The van der Waals surface area contributed by atoms with E-state index in [4.69, 9.17) is 4.74 Å². The van der Waals surface area contributed by atoms with Crippen molar-refractivity contribution in [2.75, 3.05) is 39.8 Å². The van der Waals surface area contributed by atoms with Crippen LogP contribution < -0.4 is 4.72 Å². The molecule has 0 amide bonds. The van der Waals surface area contributed by atoms with Gasteiger partial charge in [-0.05, 0) is 33.9 Å². The lowest BCUT2D eigenvalue weighted by molar-refractivity contribution is -0.143. The molecule has 0 radical (unpaired) electrons. The van der Waals surface area contributed by atoms with Gasteiger partial charge in [0.1, 0.15) is 0 Å².